The van der Waals surface area contributed by atoms with E-state index in [1.54, 1.807) is 12.1 Å². The molecule has 5 nitrogen and oxygen atoms in total. The van der Waals surface area contributed by atoms with Crippen molar-refractivity contribution in [1.82, 2.24) is 15.5 Å². The number of carbonyl (C=O) groups excluding carboxylic acids is 1. The van der Waals surface area contributed by atoms with Crippen LogP contribution in [-0.2, 0) is 0 Å². The minimum Gasteiger partial charge on any atom is -0.346 e. The Kier molecular flexibility index (Phi) is 4.57. The maximum absolute atomic E-state index is 11.9. The summed E-state index contributed by atoms with van der Waals surface area (Å²) < 4.78 is 0.932. The smallest absolute Gasteiger partial charge is 0.272 e. The highest BCUT2D eigenvalue weighted by Crippen LogP contribution is 2.24. The fourth-order valence-corrected chi connectivity index (χ4v) is 2.01. The average Bonchev–Trinajstić information content (AvgIpc) is 2.40. The van der Waals surface area contributed by atoms with Crippen molar-refractivity contribution in [1.29, 1.82) is 0 Å². The summed E-state index contributed by atoms with van der Waals surface area (Å²) in [5, 5.41) is 14.0. The minimum absolute atomic E-state index is 0.234. The van der Waals surface area contributed by atoms with Gasteiger partial charge >= 0.3 is 0 Å². The Morgan fingerprint density at radius 2 is 1.81 bits per heavy atom. The van der Waals surface area contributed by atoms with Gasteiger partial charge in [-0.05, 0) is 61.0 Å². The van der Waals surface area contributed by atoms with Crippen LogP contribution in [0.25, 0.3) is 0 Å². The monoisotopic (exact) mass is 348 g/mol. The number of rotatable bonds is 3. The molecular weight excluding hydrogens is 332 g/mol. The molecule has 0 saturated carbocycles. The Bertz CT molecular complexity index is 635. The molecule has 0 spiro atoms. The number of anilines is 2. The van der Waals surface area contributed by atoms with Crippen LogP contribution >= 0.6 is 15.9 Å². The number of hydrogen-bond acceptors (Lipinski definition) is 4. The summed E-state index contributed by atoms with van der Waals surface area (Å²) >= 11 is 3.45. The first kappa shape index (κ1) is 15.4. The molecule has 2 N–H and O–H groups in total. The van der Waals surface area contributed by atoms with E-state index in [9.17, 15) is 4.79 Å². The van der Waals surface area contributed by atoms with Crippen molar-refractivity contribution in [2.45, 2.75) is 26.3 Å². The number of aromatic nitrogens is 2. The molecule has 0 saturated heterocycles. The maximum atomic E-state index is 11.9. The molecule has 0 aliphatic heterocycles. The maximum Gasteiger partial charge on any atom is 0.272 e. The van der Waals surface area contributed by atoms with E-state index in [4.69, 9.17) is 0 Å². The molecule has 1 amide bonds. The average molecular weight is 349 g/mol. The molecule has 0 aliphatic carbocycles. The van der Waals surface area contributed by atoms with Gasteiger partial charge in [-0.25, -0.2) is 0 Å². The summed E-state index contributed by atoms with van der Waals surface area (Å²) in [7, 11) is 0. The highest BCUT2D eigenvalue weighted by molar-refractivity contribution is 9.10. The largest absolute Gasteiger partial charge is 0.346 e. The summed E-state index contributed by atoms with van der Waals surface area (Å²) in [5.74, 6) is 0.344. The zero-order chi connectivity index (χ0) is 15.5. The van der Waals surface area contributed by atoms with Crippen molar-refractivity contribution in [3.8, 4) is 0 Å². The summed E-state index contributed by atoms with van der Waals surface area (Å²) in [6.45, 7) is 5.75. The van der Waals surface area contributed by atoms with Gasteiger partial charge in [0.05, 0.1) is 5.69 Å². The van der Waals surface area contributed by atoms with E-state index in [0.717, 1.165) is 10.2 Å². The lowest BCUT2D eigenvalue weighted by atomic mass is 10.1. The summed E-state index contributed by atoms with van der Waals surface area (Å²) in [5.41, 5.74) is 0.881. The first-order valence-corrected chi connectivity index (χ1v) is 7.32. The van der Waals surface area contributed by atoms with Crippen molar-refractivity contribution in [2.24, 2.45) is 0 Å². The van der Waals surface area contributed by atoms with Crippen molar-refractivity contribution in [2.75, 3.05) is 5.32 Å². The Morgan fingerprint density at radius 3 is 2.38 bits per heavy atom. The van der Waals surface area contributed by atoms with Gasteiger partial charge in [-0.3, -0.25) is 4.79 Å². The molecule has 6 heteroatoms. The molecule has 0 radical (unpaired) electrons. The van der Waals surface area contributed by atoms with Gasteiger partial charge in [-0.1, -0.05) is 12.1 Å². The van der Waals surface area contributed by atoms with Crippen molar-refractivity contribution in [3.63, 3.8) is 0 Å². The van der Waals surface area contributed by atoms with Gasteiger partial charge in [0.2, 0.25) is 0 Å². The molecular formula is C15H17BrN4O. The molecule has 1 aromatic carbocycles. The second kappa shape index (κ2) is 6.22. The lowest BCUT2D eigenvalue weighted by Gasteiger charge is -2.19. The lowest BCUT2D eigenvalue weighted by molar-refractivity contribution is 0.0913. The second-order valence-electron chi connectivity index (χ2n) is 5.61. The van der Waals surface area contributed by atoms with Gasteiger partial charge in [-0.15, -0.1) is 10.2 Å². The summed E-state index contributed by atoms with van der Waals surface area (Å²) in [4.78, 5) is 11.9. The Labute approximate surface area is 132 Å². The molecule has 0 fully saturated rings. The Balaban J connectivity index is 2.09. The van der Waals surface area contributed by atoms with Gasteiger partial charge in [0.15, 0.2) is 11.5 Å². The number of para-hydroxylation sites is 1. The van der Waals surface area contributed by atoms with Crippen LogP contribution in [-0.4, -0.2) is 21.6 Å². The molecule has 0 bridgehead atoms. The molecule has 21 heavy (non-hydrogen) atoms. The number of amides is 1. The van der Waals surface area contributed by atoms with Gasteiger partial charge in [-0.2, -0.15) is 0 Å². The van der Waals surface area contributed by atoms with E-state index in [2.05, 4.69) is 36.8 Å². The molecule has 0 aliphatic rings. The molecule has 110 valence electrons. The highest BCUT2D eigenvalue weighted by atomic mass is 79.9. The Hall–Kier alpha value is -1.95. The summed E-state index contributed by atoms with van der Waals surface area (Å²) in [6.07, 6.45) is 0. The van der Waals surface area contributed by atoms with Crippen LogP contribution in [0.3, 0.4) is 0 Å². The van der Waals surface area contributed by atoms with Crippen molar-refractivity contribution >= 4 is 33.3 Å². The third-order valence-corrected chi connectivity index (χ3v) is 3.21. The number of nitrogens with zero attached hydrogens (tertiary/aromatic N) is 2. The van der Waals surface area contributed by atoms with E-state index >= 15 is 0 Å². The van der Waals surface area contributed by atoms with E-state index in [0.29, 0.717) is 11.5 Å². The predicted octanol–water partition coefficient (Wildman–Crippen LogP) is 3.51. The topological polar surface area (TPSA) is 66.9 Å². The van der Waals surface area contributed by atoms with Crippen LogP contribution < -0.4 is 10.6 Å². The molecule has 2 aromatic rings. The fourth-order valence-electron chi connectivity index (χ4n) is 1.63. The molecule has 1 aromatic heterocycles. The lowest BCUT2D eigenvalue weighted by Crippen LogP contribution is -2.41. The second-order valence-corrected chi connectivity index (χ2v) is 6.47. The van der Waals surface area contributed by atoms with Crippen molar-refractivity contribution < 1.29 is 4.79 Å². The molecule has 0 unspecified atom stereocenters. The number of halogens is 1. The fraction of sp³-hybridized carbons (Fsp3) is 0.267. The van der Waals surface area contributed by atoms with E-state index < -0.39 is 0 Å². The van der Waals surface area contributed by atoms with Gasteiger partial charge in [0, 0.05) is 10.0 Å². The SMILES string of the molecule is CC(C)(C)NC(=O)c1ccc(Nc2ccccc2Br)nn1. The normalized spacial score (nSPS) is 11.0. The number of carbonyl (C=O) groups is 1. The number of hydrogen-bond donors (Lipinski definition) is 2. The van der Waals surface area contributed by atoms with Crippen LogP contribution in [0, 0.1) is 0 Å². The third kappa shape index (κ3) is 4.53. The van der Waals surface area contributed by atoms with Crippen LogP contribution in [0.1, 0.15) is 31.3 Å². The first-order valence-electron chi connectivity index (χ1n) is 6.53. The van der Waals surface area contributed by atoms with Crippen LogP contribution in [0.15, 0.2) is 40.9 Å². The predicted molar refractivity (Wildman–Crippen MR) is 86.7 cm³/mol. The van der Waals surface area contributed by atoms with Crippen LogP contribution in [0.2, 0.25) is 0 Å². The highest BCUT2D eigenvalue weighted by Gasteiger charge is 2.16. The van der Waals surface area contributed by atoms with Gasteiger partial charge in [0.25, 0.3) is 5.91 Å². The minimum atomic E-state index is -0.301. The van der Waals surface area contributed by atoms with Crippen LogP contribution in [0.5, 0.6) is 0 Å². The zero-order valence-electron chi connectivity index (χ0n) is 12.1. The van der Waals surface area contributed by atoms with Gasteiger partial charge < -0.3 is 10.6 Å². The molecule has 0 atom stereocenters. The van der Waals surface area contributed by atoms with E-state index in [-0.39, 0.29) is 11.4 Å². The zero-order valence-corrected chi connectivity index (χ0v) is 13.7. The number of benzene rings is 1. The quantitative estimate of drug-likeness (QED) is 0.890. The van der Waals surface area contributed by atoms with Gasteiger partial charge in [0.1, 0.15) is 0 Å². The molecule has 2 rings (SSSR count). The van der Waals surface area contributed by atoms with Crippen LogP contribution in [0.4, 0.5) is 11.5 Å². The third-order valence-electron chi connectivity index (χ3n) is 2.52. The van der Waals surface area contributed by atoms with Crippen molar-refractivity contribution in [3.05, 3.63) is 46.6 Å². The number of nitrogens with one attached hydrogen (secondary N) is 2. The summed E-state index contributed by atoms with van der Waals surface area (Å²) in [6, 6.07) is 11.1. The molecule has 1 heterocycles. The van der Waals surface area contributed by atoms with E-state index in [1.807, 2.05) is 45.0 Å². The first-order chi connectivity index (χ1) is 9.85. The van der Waals surface area contributed by atoms with E-state index in [1.165, 1.54) is 0 Å². The standard InChI is InChI=1S/C15H17BrN4O/c1-15(2,3)18-14(21)12-8-9-13(20-19-12)17-11-7-5-4-6-10(11)16/h4-9H,1-3H3,(H,17,20)(H,18,21). The Morgan fingerprint density at radius 1 is 1.10 bits per heavy atom.